The van der Waals surface area contributed by atoms with Gasteiger partial charge in [-0.25, -0.2) is 0 Å². The standard InChI is InChI=1S/C17H26N2O2/c1-13-6-8-14(9-7-13)11-18-12-17(20)19-15-4-3-5-16(10-15)21-2/h3-5,10,13-14,18H,6-9,11-12H2,1-2H3,(H,19,20). The van der Waals surface area contributed by atoms with Crippen LogP contribution >= 0.6 is 0 Å². The number of anilines is 1. The number of amides is 1. The van der Waals surface area contributed by atoms with E-state index in [0.29, 0.717) is 6.54 Å². The number of nitrogens with one attached hydrogen (secondary N) is 2. The highest BCUT2D eigenvalue weighted by Crippen LogP contribution is 2.27. The van der Waals surface area contributed by atoms with Gasteiger partial charge in [-0.3, -0.25) is 4.79 Å². The number of methoxy groups -OCH3 is 1. The van der Waals surface area contributed by atoms with Crippen LogP contribution in [-0.4, -0.2) is 26.1 Å². The fraction of sp³-hybridized carbons (Fsp3) is 0.588. The van der Waals surface area contributed by atoms with Gasteiger partial charge in [0.1, 0.15) is 5.75 Å². The highest BCUT2D eigenvalue weighted by atomic mass is 16.5. The molecular weight excluding hydrogens is 264 g/mol. The van der Waals surface area contributed by atoms with E-state index in [1.165, 1.54) is 25.7 Å². The van der Waals surface area contributed by atoms with E-state index in [0.717, 1.165) is 29.8 Å². The van der Waals surface area contributed by atoms with Crippen LogP contribution in [0, 0.1) is 11.8 Å². The zero-order chi connectivity index (χ0) is 15.1. The molecule has 0 radical (unpaired) electrons. The Morgan fingerprint density at radius 3 is 2.76 bits per heavy atom. The lowest BCUT2D eigenvalue weighted by Crippen LogP contribution is -2.33. The van der Waals surface area contributed by atoms with Crippen molar-refractivity contribution in [3.05, 3.63) is 24.3 Å². The monoisotopic (exact) mass is 290 g/mol. The van der Waals surface area contributed by atoms with Crippen LogP contribution in [0.1, 0.15) is 32.6 Å². The largest absolute Gasteiger partial charge is 0.497 e. The van der Waals surface area contributed by atoms with Crippen LogP contribution in [0.15, 0.2) is 24.3 Å². The molecule has 116 valence electrons. The average Bonchev–Trinajstić information content (AvgIpc) is 2.49. The second-order valence-corrected chi connectivity index (χ2v) is 6.04. The molecule has 1 aromatic carbocycles. The third kappa shape index (κ3) is 5.38. The average molecular weight is 290 g/mol. The van der Waals surface area contributed by atoms with E-state index in [9.17, 15) is 4.79 Å². The van der Waals surface area contributed by atoms with E-state index < -0.39 is 0 Å². The third-order valence-electron chi connectivity index (χ3n) is 4.21. The number of carbonyl (C=O) groups is 1. The van der Waals surface area contributed by atoms with E-state index in [4.69, 9.17) is 4.74 Å². The zero-order valence-electron chi connectivity index (χ0n) is 13.0. The molecule has 0 bridgehead atoms. The molecule has 1 aliphatic carbocycles. The van der Waals surface area contributed by atoms with Crippen molar-refractivity contribution in [2.24, 2.45) is 11.8 Å². The molecule has 2 rings (SSSR count). The van der Waals surface area contributed by atoms with E-state index in [-0.39, 0.29) is 5.91 Å². The van der Waals surface area contributed by atoms with Crippen LogP contribution in [-0.2, 0) is 4.79 Å². The molecular formula is C17H26N2O2. The van der Waals surface area contributed by atoms with E-state index >= 15 is 0 Å². The first-order valence-electron chi connectivity index (χ1n) is 7.82. The molecule has 0 unspecified atom stereocenters. The lowest BCUT2D eigenvalue weighted by molar-refractivity contribution is -0.115. The maximum atomic E-state index is 11.9. The molecule has 1 fully saturated rings. The predicted molar refractivity (Wildman–Crippen MR) is 85.6 cm³/mol. The molecule has 1 saturated carbocycles. The van der Waals surface area contributed by atoms with Gasteiger partial charge in [0.05, 0.1) is 13.7 Å². The summed E-state index contributed by atoms with van der Waals surface area (Å²) in [6, 6.07) is 7.41. The summed E-state index contributed by atoms with van der Waals surface area (Å²) in [5, 5.41) is 6.16. The Hall–Kier alpha value is -1.55. The van der Waals surface area contributed by atoms with Crippen molar-refractivity contribution >= 4 is 11.6 Å². The van der Waals surface area contributed by atoms with Crippen LogP contribution in [0.25, 0.3) is 0 Å². The van der Waals surface area contributed by atoms with E-state index in [1.807, 2.05) is 24.3 Å². The van der Waals surface area contributed by atoms with Crippen LogP contribution in [0.4, 0.5) is 5.69 Å². The number of ether oxygens (including phenoxy) is 1. The summed E-state index contributed by atoms with van der Waals surface area (Å²) >= 11 is 0. The second kappa shape index (κ2) is 8.03. The van der Waals surface area contributed by atoms with Crippen molar-refractivity contribution in [1.82, 2.24) is 5.32 Å². The Labute approximate surface area is 127 Å². The minimum absolute atomic E-state index is 0.00701. The first-order chi connectivity index (χ1) is 10.2. The fourth-order valence-corrected chi connectivity index (χ4v) is 2.83. The number of carbonyl (C=O) groups excluding carboxylic acids is 1. The first kappa shape index (κ1) is 15.8. The third-order valence-corrected chi connectivity index (χ3v) is 4.21. The lowest BCUT2D eigenvalue weighted by Gasteiger charge is -2.26. The summed E-state index contributed by atoms with van der Waals surface area (Å²) in [5.74, 6) is 2.34. The smallest absolute Gasteiger partial charge is 0.238 e. The molecule has 4 nitrogen and oxygen atoms in total. The molecule has 0 atom stereocenters. The van der Waals surface area contributed by atoms with Crippen molar-refractivity contribution in [2.75, 3.05) is 25.5 Å². The number of hydrogen-bond acceptors (Lipinski definition) is 3. The number of hydrogen-bond donors (Lipinski definition) is 2. The van der Waals surface area contributed by atoms with Crippen molar-refractivity contribution in [2.45, 2.75) is 32.6 Å². The minimum Gasteiger partial charge on any atom is -0.497 e. The zero-order valence-corrected chi connectivity index (χ0v) is 13.0. The summed E-state index contributed by atoms with van der Waals surface area (Å²) in [6.45, 7) is 3.63. The predicted octanol–water partition coefficient (Wildman–Crippen LogP) is 3.05. The Bertz CT molecular complexity index is 454. The Morgan fingerprint density at radius 2 is 2.05 bits per heavy atom. The van der Waals surface area contributed by atoms with Crippen molar-refractivity contribution < 1.29 is 9.53 Å². The van der Waals surface area contributed by atoms with Crippen LogP contribution < -0.4 is 15.4 Å². The van der Waals surface area contributed by atoms with Gasteiger partial charge < -0.3 is 15.4 Å². The number of rotatable bonds is 6. The van der Waals surface area contributed by atoms with Gasteiger partial charge in [0.25, 0.3) is 0 Å². The molecule has 0 saturated heterocycles. The van der Waals surface area contributed by atoms with Gasteiger partial charge in [0.2, 0.25) is 5.91 Å². The SMILES string of the molecule is COc1cccc(NC(=O)CNCC2CCC(C)CC2)c1. The maximum Gasteiger partial charge on any atom is 0.238 e. The van der Waals surface area contributed by atoms with Gasteiger partial charge in [0, 0.05) is 11.8 Å². The summed E-state index contributed by atoms with van der Waals surface area (Å²) in [4.78, 5) is 11.9. The van der Waals surface area contributed by atoms with Crippen molar-refractivity contribution in [3.8, 4) is 5.75 Å². The number of benzene rings is 1. The second-order valence-electron chi connectivity index (χ2n) is 6.04. The molecule has 0 heterocycles. The summed E-state index contributed by atoms with van der Waals surface area (Å²) in [5.41, 5.74) is 0.771. The Kier molecular flexibility index (Phi) is 6.05. The molecule has 2 N–H and O–H groups in total. The van der Waals surface area contributed by atoms with Gasteiger partial charge in [0.15, 0.2) is 0 Å². The lowest BCUT2D eigenvalue weighted by atomic mass is 9.83. The topological polar surface area (TPSA) is 50.4 Å². The van der Waals surface area contributed by atoms with Gasteiger partial charge in [-0.05, 0) is 43.4 Å². The molecule has 0 aromatic heterocycles. The van der Waals surface area contributed by atoms with Crippen molar-refractivity contribution in [3.63, 3.8) is 0 Å². The summed E-state index contributed by atoms with van der Waals surface area (Å²) < 4.78 is 5.14. The van der Waals surface area contributed by atoms with Gasteiger partial charge in [-0.2, -0.15) is 0 Å². The fourth-order valence-electron chi connectivity index (χ4n) is 2.83. The van der Waals surface area contributed by atoms with Gasteiger partial charge >= 0.3 is 0 Å². The molecule has 4 heteroatoms. The summed E-state index contributed by atoms with van der Waals surface area (Å²) in [7, 11) is 1.62. The van der Waals surface area contributed by atoms with E-state index in [2.05, 4.69) is 17.6 Å². The van der Waals surface area contributed by atoms with Crippen molar-refractivity contribution in [1.29, 1.82) is 0 Å². The highest BCUT2D eigenvalue weighted by Gasteiger charge is 2.17. The molecule has 1 amide bonds. The molecule has 21 heavy (non-hydrogen) atoms. The van der Waals surface area contributed by atoms with Crippen LogP contribution in [0.5, 0.6) is 5.75 Å². The van der Waals surface area contributed by atoms with Gasteiger partial charge in [-0.15, -0.1) is 0 Å². The summed E-state index contributed by atoms with van der Waals surface area (Å²) in [6.07, 6.45) is 5.21. The highest BCUT2D eigenvalue weighted by molar-refractivity contribution is 5.92. The normalized spacial score (nSPS) is 21.8. The van der Waals surface area contributed by atoms with Gasteiger partial charge in [-0.1, -0.05) is 25.8 Å². The van der Waals surface area contributed by atoms with Crippen LogP contribution in [0.2, 0.25) is 0 Å². The quantitative estimate of drug-likeness (QED) is 0.846. The molecule has 1 aromatic rings. The molecule has 0 spiro atoms. The molecule has 1 aliphatic rings. The maximum absolute atomic E-state index is 11.9. The van der Waals surface area contributed by atoms with E-state index in [1.54, 1.807) is 7.11 Å². The minimum atomic E-state index is -0.00701. The Morgan fingerprint density at radius 1 is 1.29 bits per heavy atom. The van der Waals surface area contributed by atoms with Crippen LogP contribution in [0.3, 0.4) is 0 Å². The Balaban J connectivity index is 1.67. The molecule has 0 aliphatic heterocycles. The first-order valence-corrected chi connectivity index (χ1v) is 7.82.